The van der Waals surface area contributed by atoms with Gasteiger partial charge in [0.15, 0.2) is 14.8 Å². The van der Waals surface area contributed by atoms with E-state index in [0.29, 0.717) is 24.7 Å². The summed E-state index contributed by atoms with van der Waals surface area (Å²) >= 11 is 0.953. The average molecular weight is 334 g/mol. The number of thiophene rings is 1. The van der Waals surface area contributed by atoms with Crippen molar-refractivity contribution in [3.05, 3.63) is 16.2 Å². The minimum Gasteiger partial charge on any atom is -0.372 e. The fourth-order valence-electron chi connectivity index (χ4n) is 2.21. The van der Waals surface area contributed by atoms with Gasteiger partial charge in [-0.1, -0.05) is 18.3 Å². The zero-order chi connectivity index (χ0) is 15.8. The second kappa shape index (κ2) is 5.54. The second-order valence-corrected chi connectivity index (χ2v) is 8.63. The first-order chi connectivity index (χ1) is 9.66. The zero-order valence-electron chi connectivity index (χ0n) is 12.2. The van der Waals surface area contributed by atoms with Gasteiger partial charge in [-0.3, -0.25) is 10.1 Å². The first-order valence-electron chi connectivity index (χ1n) is 6.53. The van der Waals surface area contributed by atoms with Crippen LogP contribution < -0.4 is 4.90 Å². The van der Waals surface area contributed by atoms with Crippen LogP contribution >= 0.6 is 11.3 Å². The summed E-state index contributed by atoms with van der Waals surface area (Å²) in [6.07, 6.45) is 1.84. The third-order valence-electron chi connectivity index (χ3n) is 3.61. The predicted octanol–water partition coefficient (Wildman–Crippen LogP) is 2.07. The molecule has 2 rings (SSSR count). The third-order valence-corrected chi connectivity index (χ3v) is 6.59. The number of sulfone groups is 1. The monoisotopic (exact) mass is 334 g/mol. The molecule has 0 spiro atoms. The molecule has 1 fully saturated rings. The molecule has 1 atom stereocenters. The van der Waals surface area contributed by atoms with Gasteiger partial charge in [0.05, 0.1) is 17.1 Å². The van der Waals surface area contributed by atoms with Crippen LogP contribution in [-0.2, 0) is 14.6 Å². The number of rotatable bonds is 4. The summed E-state index contributed by atoms with van der Waals surface area (Å²) in [5.41, 5.74) is -0.526. The van der Waals surface area contributed by atoms with Gasteiger partial charge >= 0.3 is 5.69 Å². The van der Waals surface area contributed by atoms with Crippen molar-refractivity contribution in [3.8, 4) is 0 Å². The molecule has 2 heterocycles. The Balaban J connectivity index is 2.43. The fourth-order valence-corrected chi connectivity index (χ4v) is 4.26. The molecule has 1 aliphatic heterocycles. The average Bonchev–Trinajstić information content (AvgIpc) is 2.84. The molecule has 9 heteroatoms. The van der Waals surface area contributed by atoms with E-state index in [0.717, 1.165) is 30.1 Å². The lowest BCUT2D eigenvalue weighted by Gasteiger charge is -2.40. The lowest BCUT2D eigenvalue weighted by atomic mass is 10.0. The largest absolute Gasteiger partial charge is 0.372 e. The zero-order valence-corrected chi connectivity index (χ0v) is 13.8. The summed E-state index contributed by atoms with van der Waals surface area (Å²) in [5.74, 6) is 0. The van der Waals surface area contributed by atoms with Gasteiger partial charge in [-0.25, -0.2) is 8.42 Å². The minimum absolute atomic E-state index is 0.0221. The maximum atomic E-state index is 11.6. The van der Waals surface area contributed by atoms with Crippen LogP contribution in [-0.4, -0.2) is 44.9 Å². The Hall–Kier alpha value is -1.19. The second-order valence-electron chi connectivity index (χ2n) is 5.36. The summed E-state index contributed by atoms with van der Waals surface area (Å²) in [6, 6.07) is 1.15. The van der Waals surface area contributed by atoms with Gasteiger partial charge in [0.1, 0.15) is 4.21 Å². The minimum atomic E-state index is -3.45. The van der Waals surface area contributed by atoms with Crippen LogP contribution in [0.3, 0.4) is 0 Å². The van der Waals surface area contributed by atoms with Gasteiger partial charge in [0, 0.05) is 25.4 Å². The molecule has 7 nitrogen and oxygen atoms in total. The van der Waals surface area contributed by atoms with Gasteiger partial charge in [-0.05, 0) is 13.3 Å². The van der Waals surface area contributed by atoms with E-state index in [-0.39, 0.29) is 15.5 Å². The molecule has 0 aromatic carbocycles. The van der Waals surface area contributed by atoms with Crippen molar-refractivity contribution in [1.82, 2.24) is 0 Å². The standard InChI is InChI=1S/C12H18N2O5S2/c1-4-12(2)8-13(5-6-19-12)11-9(14(15)16)7-10(20-11)21(3,17)18/h7H,4-6,8H2,1-3H3. The summed E-state index contributed by atoms with van der Waals surface area (Å²) in [4.78, 5) is 12.5. The van der Waals surface area contributed by atoms with E-state index < -0.39 is 14.8 Å². The quantitative estimate of drug-likeness (QED) is 0.618. The summed E-state index contributed by atoms with van der Waals surface area (Å²) < 4.78 is 29.0. The van der Waals surface area contributed by atoms with Crippen molar-refractivity contribution >= 4 is 31.9 Å². The smallest absolute Gasteiger partial charge is 0.305 e. The Kier molecular flexibility index (Phi) is 4.27. The number of morpholine rings is 1. The predicted molar refractivity (Wildman–Crippen MR) is 80.9 cm³/mol. The normalized spacial score (nSPS) is 23.3. The van der Waals surface area contributed by atoms with Gasteiger partial charge in [0.2, 0.25) is 0 Å². The molecule has 1 aromatic rings. The van der Waals surface area contributed by atoms with Crippen LogP contribution in [0.15, 0.2) is 10.3 Å². The number of hydrogen-bond donors (Lipinski definition) is 0. The highest BCUT2D eigenvalue weighted by Gasteiger charge is 2.35. The molecule has 0 amide bonds. The van der Waals surface area contributed by atoms with E-state index in [9.17, 15) is 18.5 Å². The Labute approximate surface area is 127 Å². The van der Waals surface area contributed by atoms with Crippen LogP contribution in [0.25, 0.3) is 0 Å². The lowest BCUT2D eigenvalue weighted by molar-refractivity contribution is -0.383. The Bertz CT molecular complexity index is 655. The number of ether oxygens (including phenoxy) is 1. The highest BCUT2D eigenvalue weighted by atomic mass is 32.2. The maximum Gasteiger partial charge on any atom is 0.305 e. The molecule has 0 radical (unpaired) electrons. The van der Waals surface area contributed by atoms with Crippen LogP contribution in [0.2, 0.25) is 0 Å². The molecule has 0 N–H and O–H groups in total. The first-order valence-corrected chi connectivity index (χ1v) is 9.24. The van der Waals surface area contributed by atoms with Crippen LogP contribution in [0, 0.1) is 10.1 Å². The van der Waals surface area contributed by atoms with Gasteiger partial charge in [0.25, 0.3) is 0 Å². The molecular formula is C12H18N2O5S2. The summed E-state index contributed by atoms with van der Waals surface area (Å²) in [5, 5.41) is 11.6. The fraction of sp³-hybridized carbons (Fsp3) is 0.667. The highest BCUT2D eigenvalue weighted by molar-refractivity contribution is 7.92. The third kappa shape index (κ3) is 3.35. The van der Waals surface area contributed by atoms with Crippen molar-refractivity contribution < 1.29 is 18.1 Å². The molecule has 0 saturated carbocycles. The molecule has 1 saturated heterocycles. The number of nitrogens with zero attached hydrogens (tertiary/aromatic N) is 2. The number of hydrogen-bond acceptors (Lipinski definition) is 7. The van der Waals surface area contributed by atoms with Crippen molar-refractivity contribution in [2.75, 3.05) is 30.9 Å². The van der Waals surface area contributed by atoms with E-state index in [1.54, 1.807) is 0 Å². The van der Waals surface area contributed by atoms with Crippen molar-refractivity contribution in [2.24, 2.45) is 0 Å². The molecule has 1 aliphatic rings. The summed E-state index contributed by atoms with van der Waals surface area (Å²) in [7, 11) is -3.45. The Morgan fingerprint density at radius 1 is 1.57 bits per heavy atom. The van der Waals surface area contributed by atoms with E-state index >= 15 is 0 Å². The van der Waals surface area contributed by atoms with E-state index in [2.05, 4.69) is 0 Å². The highest BCUT2D eigenvalue weighted by Crippen LogP contribution is 2.41. The van der Waals surface area contributed by atoms with E-state index in [4.69, 9.17) is 4.74 Å². The van der Waals surface area contributed by atoms with Crippen molar-refractivity contribution in [3.63, 3.8) is 0 Å². The Morgan fingerprint density at radius 3 is 2.76 bits per heavy atom. The molecule has 1 aromatic heterocycles. The molecule has 1 unspecified atom stereocenters. The summed E-state index contributed by atoms with van der Waals surface area (Å²) in [6.45, 7) is 5.44. The molecular weight excluding hydrogens is 316 g/mol. The topological polar surface area (TPSA) is 89.8 Å². The molecule has 118 valence electrons. The van der Waals surface area contributed by atoms with Crippen LogP contribution in [0.1, 0.15) is 20.3 Å². The van der Waals surface area contributed by atoms with Crippen LogP contribution in [0.5, 0.6) is 0 Å². The van der Waals surface area contributed by atoms with Crippen molar-refractivity contribution in [2.45, 2.75) is 30.1 Å². The maximum absolute atomic E-state index is 11.6. The first kappa shape index (κ1) is 16.2. The molecule has 0 bridgehead atoms. The van der Waals surface area contributed by atoms with E-state index in [1.165, 1.54) is 0 Å². The molecule has 21 heavy (non-hydrogen) atoms. The van der Waals surface area contributed by atoms with Crippen molar-refractivity contribution in [1.29, 1.82) is 0 Å². The van der Waals surface area contributed by atoms with Gasteiger partial charge < -0.3 is 9.64 Å². The Morgan fingerprint density at radius 2 is 2.24 bits per heavy atom. The van der Waals surface area contributed by atoms with Gasteiger partial charge in [-0.2, -0.15) is 0 Å². The van der Waals surface area contributed by atoms with Crippen LogP contribution in [0.4, 0.5) is 10.7 Å². The van der Waals surface area contributed by atoms with E-state index in [1.807, 2.05) is 18.7 Å². The lowest BCUT2D eigenvalue weighted by Crippen LogP contribution is -2.49. The molecule has 0 aliphatic carbocycles. The van der Waals surface area contributed by atoms with Gasteiger partial charge in [-0.15, -0.1) is 0 Å². The number of anilines is 1. The number of nitro groups is 1. The SMILES string of the molecule is CCC1(C)CN(c2sc(S(C)(=O)=O)cc2[N+](=O)[O-])CCO1.